The number of urea groups is 1. The summed E-state index contributed by atoms with van der Waals surface area (Å²) in [5.41, 5.74) is 1.54. The number of nitrogens with zero attached hydrogens (tertiary/aromatic N) is 3. The summed E-state index contributed by atoms with van der Waals surface area (Å²) in [5.74, 6) is -0.194. The molecule has 2 saturated heterocycles. The molecule has 3 heterocycles. The average Bonchev–Trinajstić information content (AvgIpc) is 2.73. The second-order valence-electron chi connectivity index (χ2n) is 7.18. The molecule has 0 aliphatic carbocycles. The molecular weight excluding hydrogens is 377 g/mol. The number of likely N-dealkylation sites (tertiary alicyclic amines) is 1. The quantitative estimate of drug-likeness (QED) is 0.819. The topological polar surface area (TPSA) is 104 Å². The lowest BCUT2D eigenvalue weighted by molar-refractivity contribution is -0.137. The lowest BCUT2D eigenvalue weighted by Crippen LogP contribution is -2.58. The summed E-state index contributed by atoms with van der Waals surface area (Å²) in [6.45, 7) is 1.00. The smallest absolute Gasteiger partial charge is 0.322 e. The average molecular weight is 397 g/mol. The van der Waals surface area contributed by atoms with E-state index in [1.165, 1.54) is 12.1 Å². The first kappa shape index (κ1) is 19.0. The number of hydrogen-bond donors (Lipinski definition) is 2. The monoisotopic (exact) mass is 397 g/mol. The first-order chi connectivity index (χ1) is 14.0. The Bertz CT molecular complexity index is 925. The van der Waals surface area contributed by atoms with Crippen LogP contribution in [0.4, 0.5) is 9.18 Å². The van der Waals surface area contributed by atoms with Crippen LogP contribution in [0.2, 0.25) is 0 Å². The zero-order valence-corrected chi connectivity index (χ0v) is 15.6. The molecule has 2 N–H and O–H groups in total. The van der Waals surface area contributed by atoms with Gasteiger partial charge in [-0.15, -0.1) is 0 Å². The Labute approximate surface area is 166 Å². The predicted molar refractivity (Wildman–Crippen MR) is 101 cm³/mol. The van der Waals surface area contributed by atoms with Crippen LogP contribution in [0.15, 0.2) is 36.5 Å². The van der Waals surface area contributed by atoms with E-state index in [2.05, 4.69) is 20.6 Å². The van der Waals surface area contributed by atoms with Gasteiger partial charge in [-0.3, -0.25) is 14.9 Å². The normalized spacial score (nSPS) is 20.2. The summed E-state index contributed by atoms with van der Waals surface area (Å²) < 4.78 is 13.1. The molecule has 4 amide bonds. The van der Waals surface area contributed by atoms with Gasteiger partial charge in [-0.1, -0.05) is 0 Å². The van der Waals surface area contributed by atoms with Gasteiger partial charge in [0.2, 0.25) is 11.8 Å². The molecule has 0 bridgehead atoms. The minimum absolute atomic E-state index is 0.0483. The van der Waals surface area contributed by atoms with E-state index >= 15 is 0 Å². The number of carbonyl (C=O) groups is 3. The van der Waals surface area contributed by atoms with Crippen molar-refractivity contribution in [2.45, 2.75) is 31.2 Å². The molecule has 2 aromatic rings. The SMILES string of the molecule is O=C1C[C@@H](C(=O)N2CCC(c3nccc(-c4ccc(F)cc4)n3)CC2)NC(=O)N1. The standard InChI is InChI=1S/C20H20FN5O3/c21-14-3-1-12(2-4-14)15-5-8-22-18(23-15)13-6-9-26(10-7-13)19(28)16-11-17(27)25-20(29)24-16/h1-5,8,13,16H,6-7,9-11H2,(H2,24,25,27,29)/t16-/m0/s1. The molecule has 0 unspecified atom stereocenters. The number of imide groups is 1. The molecule has 150 valence electrons. The van der Waals surface area contributed by atoms with Crippen molar-refractivity contribution in [3.8, 4) is 11.3 Å². The summed E-state index contributed by atoms with van der Waals surface area (Å²) >= 11 is 0. The highest BCUT2D eigenvalue weighted by Gasteiger charge is 2.34. The number of piperidine rings is 1. The van der Waals surface area contributed by atoms with Crippen LogP contribution in [0.25, 0.3) is 11.3 Å². The van der Waals surface area contributed by atoms with E-state index in [0.29, 0.717) is 31.8 Å². The molecule has 1 aromatic heterocycles. The lowest BCUT2D eigenvalue weighted by atomic mass is 9.95. The third-order valence-corrected chi connectivity index (χ3v) is 5.23. The Morgan fingerprint density at radius 2 is 1.83 bits per heavy atom. The fourth-order valence-electron chi connectivity index (χ4n) is 3.69. The Morgan fingerprint density at radius 3 is 2.52 bits per heavy atom. The molecule has 1 atom stereocenters. The summed E-state index contributed by atoms with van der Waals surface area (Å²) in [4.78, 5) is 46.2. The van der Waals surface area contributed by atoms with E-state index in [1.54, 1.807) is 29.3 Å². The molecule has 8 nitrogen and oxygen atoms in total. The second-order valence-corrected chi connectivity index (χ2v) is 7.18. The van der Waals surface area contributed by atoms with Crippen LogP contribution in [-0.2, 0) is 9.59 Å². The molecular formula is C20H20FN5O3. The van der Waals surface area contributed by atoms with Gasteiger partial charge in [-0.2, -0.15) is 0 Å². The maximum Gasteiger partial charge on any atom is 0.322 e. The van der Waals surface area contributed by atoms with Gasteiger partial charge >= 0.3 is 6.03 Å². The zero-order valence-electron chi connectivity index (χ0n) is 15.6. The summed E-state index contributed by atoms with van der Waals surface area (Å²) in [5, 5.41) is 4.62. The second kappa shape index (κ2) is 7.94. The minimum Gasteiger partial charge on any atom is -0.341 e. The number of halogens is 1. The van der Waals surface area contributed by atoms with E-state index in [0.717, 1.165) is 11.3 Å². The maximum absolute atomic E-state index is 13.1. The third kappa shape index (κ3) is 4.23. The Morgan fingerprint density at radius 1 is 1.10 bits per heavy atom. The first-order valence-corrected chi connectivity index (χ1v) is 9.47. The van der Waals surface area contributed by atoms with Crippen LogP contribution in [0.5, 0.6) is 0 Å². The van der Waals surface area contributed by atoms with Crippen LogP contribution in [0, 0.1) is 5.82 Å². The molecule has 2 aliphatic heterocycles. The van der Waals surface area contributed by atoms with Gasteiger partial charge in [0.25, 0.3) is 0 Å². The lowest BCUT2D eigenvalue weighted by Gasteiger charge is -2.34. The van der Waals surface area contributed by atoms with Gasteiger partial charge < -0.3 is 10.2 Å². The molecule has 9 heteroatoms. The molecule has 0 saturated carbocycles. The highest BCUT2D eigenvalue weighted by Crippen LogP contribution is 2.27. The number of hydrogen-bond acceptors (Lipinski definition) is 5. The Balaban J connectivity index is 1.40. The number of amides is 4. The molecule has 2 aliphatic rings. The van der Waals surface area contributed by atoms with E-state index in [1.807, 2.05) is 0 Å². The number of rotatable bonds is 3. The Kier molecular flexibility index (Phi) is 5.20. The summed E-state index contributed by atoms with van der Waals surface area (Å²) in [6.07, 6.45) is 3.01. The number of nitrogens with one attached hydrogen (secondary N) is 2. The van der Waals surface area contributed by atoms with E-state index < -0.39 is 18.0 Å². The van der Waals surface area contributed by atoms with Crippen LogP contribution < -0.4 is 10.6 Å². The van der Waals surface area contributed by atoms with Gasteiger partial charge in [0.15, 0.2) is 0 Å². The van der Waals surface area contributed by atoms with E-state index in [-0.39, 0.29) is 24.1 Å². The van der Waals surface area contributed by atoms with Crippen molar-refractivity contribution < 1.29 is 18.8 Å². The highest BCUT2D eigenvalue weighted by atomic mass is 19.1. The number of benzene rings is 1. The predicted octanol–water partition coefficient (Wildman–Crippen LogP) is 1.59. The van der Waals surface area contributed by atoms with Crippen LogP contribution in [-0.4, -0.2) is 51.8 Å². The fraction of sp³-hybridized carbons (Fsp3) is 0.350. The molecule has 29 heavy (non-hydrogen) atoms. The number of carbonyl (C=O) groups excluding carboxylic acids is 3. The van der Waals surface area contributed by atoms with Crippen LogP contribution >= 0.6 is 0 Å². The van der Waals surface area contributed by atoms with Crippen LogP contribution in [0.3, 0.4) is 0 Å². The first-order valence-electron chi connectivity index (χ1n) is 9.47. The molecule has 0 spiro atoms. The van der Waals surface area contributed by atoms with Gasteiger partial charge in [0, 0.05) is 30.8 Å². The van der Waals surface area contributed by atoms with Crippen molar-refractivity contribution in [3.05, 3.63) is 48.2 Å². The third-order valence-electron chi connectivity index (χ3n) is 5.23. The highest BCUT2D eigenvalue weighted by molar-refractivity contribution is 6.02. The van der Waals surface area contributed by atoms with Gasteiger partial charge in [0.1, 0.15) is 17.7 Å². The van der Waals surface area contributed by atoms with Crippen molar-refractivity contribution in [1.82, 2.24) is 25.5 Å². The zero-order chi connectivity index (χ0) is 20.4. The van der Waals surface area contributed by atoms with Crippen molar-refractivity contribution in [2.75, 3.05) is 13.1 Å². The minimum atomic E-state index is -0.814. The van der Waals surface area contributed by atoms with Crippen molar-refractivity contribution in [2.24, 2.45) is 0 Å². The largest absolute Gasteiger partial charge is 0.341 e. The molecule has 1 aromatic carbocycles. The maximum atomic E-state index is 13.1. The van der Waals surface area contributed by atoms with Gasteiger partial charge in [0.05, 0.1) is 12.1 Å². The molecule has 2 fully saturated rings. The van der Waals surface area contributed by atoms with Gasteiger partial charge in [-0.05, 0) is 43.2 Å². The fourth-order valence-corrected chi connectivity index (χ4v) is 3.69. The molecule has 0 radical (unpaired) electrons. The summed E-state index contributed by atoms with van der Waals surface area (Å²) in [7, 11) is 0. The van der Waals surface area contributed by atoms with E-state index in [9.17, 15) is 18.8 Å². The van der Waals surface area contributed by atoms with E-state index in [4.69, 9.17) is 0 Å². The number of aromatic nitrogens is 2. The summed E-state index contributed by atoms with van der Waals surface area (Å²) in [6, 6.07) is 6.48. The van der Waals surface area contributed by atoms with Crippen molar-refractivity contribution in [1.29, 1.82) is 0 Å². The Hall–Kier alpha value is -3.36. The molecule has 4 rings (SSSR count). The van der Waals surface area contributed by atoms with Gasteiger partial charge in [-0.25, -0.2) is 19.2 Å². The van der Waals surface area contributed by atoms with Crippen molar-refractivity contribution >= 4 is 17.8 Å². The van der Waals surface area contributed by atoms with Crippen LogP contribution in [0.1, 0.15) is 31.0 Å². The van der Waals surface area contributed by atoms with Crippen molar-refractivity contribution in [3.63, 3.8) is 0 Å².